The van der Waals surface area contributed by atoms with Crippen molar-refractivity contribution in [3.63, 3.8) is 0 Å². The smallest absolute Gasteiger partial charge is 0.798 e. The van der Waals surface area contributed by atoms with E-state index in [2.05, 4.69) is 17.0 Å². The molecular weight excluding hydrogens is 280 g/mol. The SMILES string of the molecule is O=P([O-])(CN1CCCCC1)C1Cc2ccccc2C1.[Na+]. The van der Waals surface area contributed by atoms with Crippen LogP contribution in [0.5, 0.6) is 0 Å². The maximum Gasteiger partial charge on any atom is 1.00 e. The Morgan fingerprint density at radius 3 is 2.20 bits per heavy atom. The van der Waals surface area contributed by atoms with Gasteiger partial charge in [-0.2, -0.15) is 0 Å². The molecule has 3 nitrogen and oxygen atoms in total. The second-order valence-electron chi connectivity index (χ2n) is 5.88. The van der Waals surface area contributed by atoms with E-state index < -0.39 is 7.37 Å². The summed E-state index contributed by atoms with van der Waals surface area (Å²) in [6.07, 6.45) is 5.24. The second kappa shape index (κ2) is 7.09. The number of rotatable bonds is 3. The van der Waals surface area contributed by atoms with Crippen molar-refractivity contribution in [3.05, 3.63) is 35.4 Å². The average Bonchev–Trinajstić information content (AvgIpc) is 2.84. The molecule has 1 unspecified atom stereocenters. The van der Waals surface area contributed by atoms with Crippen LogP contribution in [0.1, 0.15) is 30.4 Å². The predicted molar refractivity (Wildman–Crippen MR) is 75.5 cm³/mol. The first kappa shape index (κ1) is 16.7. The fourth-order valence-corrected chi connectivity index (χ4v) is 5.33. The largest absolute Gasteiger partial charge is 1.00 e. The molecule has 0 N–H and O–H groups in total. The molecule has 2 aliphatic rings. The van der Waals surface area contributed by atoms with Gasteiger partial charge in [-0.05, 0) is 49.9 Å². The quantitative estimate of drug-likeness (QED) is 0.544. The number of hydrogen-bond acceptors (Lipinski definition) is 3. The fourth-order valence-electron chi connectivity index (χ4n) is 3.31. The van der Waals surface area contributed by atoms with Gasteiger partial charge in [0, 0.05) is 19.3 Å². The summed E-state index contributed by atoms with van der Waals surface area (Å²) in [5.74, 6) is 0. The van der Waals surface area contributed by atoms with Gasteiger partial charge in [0.25, 0.3) is 0 Å². The normalized spacial score (nSPS) is 22.9. The fraction of sp³-hybridized carbons (Fsp3) is 0.600. The van der Waals surface area contributed by atoms with Crippen molar-refractivity contribution in [1.82, 2.24) is 4.90 Å². The van der Waals surface area contributed by atoms with Crippen LogP contribution in [-0.4, -0.2) is 29.9 Å². The third kappa shape index (κ3) is 3.76. The van der Waals surface area contributed by atoms with E-state index in [1.165, 1.54) is 17.5 Å². The summed E-state index contributed by atoms with van der Waals surface area (Å²) in [5, 5.41) is 0. The molecule has 0 radical (unpaired) electrons. The molecule has 104 valence electrons. The summed E-state index contributed by atoms with van der Waals surface area (Å²) in [5.41, 5.74) is 2.27. The molecule has 0 bridgehead atoms. The Balaban J connectivity index is 0.00000147. The summed E-state index contributed by atoms with van der Waals surface area (Å²) in [4.78, 5) is 14.7. The first-order chi connectivity index (χ1) is 9.15. The summed E-state index contributed by atoms with van der Waals surface area (Å²) in [6.45, 7) is 1.90. The third-order valence-corrected chi connectivity index (χ3v) is 6.70. The molecule has 0 aromatic heterocycles. The number of likely N-dealkylation sites (tertiary alicyclic amines) is 1. The van der Waals surface area contributed by atoms with Crippen LogP contribution in [0.2, 0.25) is 0 Å². The summed E-state index contributed by atoms with van der Waals surface area (Å²) < 4.78 is 12.6. The van der Waals surface area contributed by atoms with E-state index >= 15 is 0 Å². The second-order valence-corrected chi connectivity index (χ2v) is 8.34. The Hall–Kier alpha value is 0.370. The van der Waals surface area contributed by atoms with Crippen molar-refractivity contribution in [2.45, 2.75) is 37.8 Å². The minimum absolute atomic E-state index is 0. The Morgan fingerprint density at radius 2 is 1.65 bits per heavy atom. The van der Waals surface area contributed by atoms with Crippen molar-refractivity contribution >= 4 is 7.37 Å². The molecule has 1 atom stereocenters. The van der Waals surface area contributed by atoms with Gasteiger partial charge in [-0.1, -0.05) is 30.7 Å². The number of fused-ring (bicyclic) bond motifs is 1. The Morgan fingerprint density at radius 1 is 1.10 bits per heavy atom. The standard InChI is InChI=1S/C15H22NO2P.Na/c17-19(18,12-16-8-4-1-5-9-16)15-10-13-6-2-3-7-14(13)11-15;/h2-3,6-7,15H,1,4-5,8-12H2,(H,17,18);/q;+1/p-1. The number of piperidine rings is 1. The monoisotopic (exact) mass is 301 g/mol. The van der Waals surface area contributed by atoms with Crippen LogP contribution in [0.15, 0.2) is 24.3 Å². The van der Waals surface area contributed by atoms with Crippen molar-refractivity contribution < 1.29 is 39.0 Å². The minimum Gasteiger partial charge on any atom is -0.798 e. The predicted octanol–water partition coefficient (Wildman–Crippen LogP) is -0.760. The van der Waals surface area contributed by atoms with Gasteiger partial charge in [-0.25, -0.2) is 0 Å². The van der Waals surface area contributed by atoms with E-state index in [0.29, 0.717) is 12.8 Å². The van der Waals surface area contributed by atoms with E-state index in [9.17, 15) is 9.46 Å². The maximum absolute atomic E-state index is 12.6. The van der Waals surface area contributed by atoms with Gasteiger partial charge in [0.2, 0.25) is 0 Å². The molecule has 1 aromatic rings. The number of nitrogens with zero attached hydrogens (tertiary/aromatic N) is 1. The topological polar surface area (TPSA) is 43.4 Å². The first-order valence-corrected chi connectivity index (χ1v) is 9.12. The molecule has 20 heavy (non-hydrogen) atoms. The van der Waals surface area contributed by atoms with Crippen molar-refractivity contribution in [1.29, 1.82) is 0 Å². The van der Waals surface area contributed by atoms with Crippen molar-refractivity contribution in [3.8, 4) is 0 Å². The van der Waals surface area contributed by atoms with E-state index in [-0.39, 0.29) is 41.5 Å². The summed E-state index contributed by atoms with van der Waals surface area (Å²) in [7, 11) is -3.32. The maximum atomic E-state index is 12.6. The van der Waals surface area contributed by atoms with Crippen LogP contribution < -0.4 is 34.5 Å². The Labute approximate surface area is 143 Å². The van der Waals surface area contributed by atoms with Crippen molar-refractivity contribution in [2.24, 2.45) is 0 Å². The van der Waals surface area contributed by atoms with Gasteiger partial charge in [-0.3, -0.25) is 4.90 Å². The zero-order valence-corrected chi connectivity index (χ0v) is 15.1. The molecule has 1 fully saturated rings. The van der Waals surface area contributed by atoms with Gasteiger partial charge in [0.05, 0.1) is 0 Å². The molecule has 1 aromatic carbocycles. The molecule has 0 spiro atoms. The molecule has 0 saturated carbocycles. The van der Waals surface area contributed by atoms with Gasteiger partial charge < -0.3 is 9.46 Å². The van der Waals surface area contributed by atoms with Gasteiger partial charge in [0.1, 0.15) is 0 Å². The average molecular weight is 301 g/mol. The zero-order chi connectivity index (χ0) is 13.3. The molecule has 0 amide bonds. The van der Waals surface area contributed by atoms with E-state index in [0.717, 1.165) is 25.9 Å². The van der Waals surface area contributed by atoms with E-state index in [4.69, 9.17) is 0 Å². The Bertz CT molecular complexity index is 477. The van der Waals surface area contributed by atoms with Crippen LogP contribution in [0.3, 0.4) is 0 Å². The number of benzene rings is 1. The molecule has 1 aliphatic carbocycles. The van der Waals surface area contributed by atoms with Crippen LogP contribution >= 0.6 is 7.37 Å². The molecule has 1 aliphatic heterocycles. The van der Waals surface area contributed by atoms with Crippen LogP contribution in [0.25, 0.3) is 0 Å². The third-order valence-electron chi connectivity index (χ3n) is 4.43. The number of hydrogen-bond donors (Lipinski definition) is 0. The molecular formula is C15H21NNaO2P. The Kier molecular flexibility index (Phi) is 5.93. The van der Waals surface area contributed by atoms with Crippen LogP contribution in [0, 0.1) is 0 Å². The summed E-state index contributed by atoms with van der Waals surface area (Å²) in [6, 6.07) is 8.13. The van der Waals surface area contributed by atoms with Crippen LogP contribution in [0.4, 0.5) is 0 Å². The van der Waals surface area contributed by atoms with Gasteiger partial charge in [-0.15, -0.1) is 0 Å². The molecule has 1 heterocycles. The van der Waals surface area contributed by atoms with Crippen LogP contribution in [-0.2, 0) is 17.4 Å². The molecule has 3 rings (SSSR count). The first-order valence-electron chi connectivity index (χ1n) is 7.24. The summed E-state index contributed by atoms with van der Waals surface area (Å²) >= 11 is 0. The van der Waals surface area contributed by atoms with Gasteiger partial charge in [0.15, 0.2) is 0 Å². The van der Waals surface area contributed by atoms with E-state index in [1.807, 2.05) is 12.1 Å². The van der Waals surface area contributed by atoms with Crippen molar-refractivity contribution in [2.75, 3.05) is 19.4 Å². The minimum atomic E-state index is -3.32. The molecule has 5 heteroatoms. The zero-order valence-electron chi connectivity index (χ0n) is 12.3. The van der Waals surface area contributed by atoms with Gasteiger partial charge >= 0.3 is 29.6 Å². The van der Waals surface area contributed by atoms with E-state index in [1.54, 1.807) is 0 Å². The molecule has 1 saturated heterocycles.